The van der Waals surface area contributed by atoms with Gasteiger partial charge in [0.15, 0.2) is 0 Å². The maximum Gasteiger partial charge on any atom is 0.0487 e. The van der Waals surface area contributed by atoms with E-state index in [1.165, 1.54) is 5.56 Å². The van der Waals surface area contributed by atoms with Crippen LogP contribution in [0.3, 0.4) is 0 Å². The molecule has 2 heterocycles. The number of nitrogens with two attached hydrogens (primary N) is 1. The molecule has 0 aromatic carbocycles. The molecule has 0 spiro atoms. The van der Waals surface area contributed by atoms with Gasteiger partial charge in [0.05, 0.1) is 0 Å². The Morgan fingerprint density at radius 3 is 2.74 bits per heavy atom. The van der Waals surface area contributed by atoms with Crippen LogP contribution < -0.4 is 5.73 Å². The molecule has 106 valence electrons. The molecule has 2 N–H and O–H groups in total. The van der Waals surface area contributed by atoms with E-state index in [2.05, 4.69) is 57.7 Å². The zero-order valence-electron chi connectivity index (χ0n) is 11.9. The standard InChI is InChI=1S/C14H23BrN4/c1-14(2)10-19(5-4-18(14)3)13(7-16)11-6-12(15)9-17-8-11/h6,8-9,13H,4-5,7,10,16H2,1-3H3. The maximum atomic E-state index is 6.01. The molecule has 0 aliphatic carbocycles. The Morgan fingerprint density at radius 1 is 1.42 bits per heavy atom. The minimum absolute atomic E-state index is 0.186. The summed E-state index contributed by atoms with van der Waals surface area (Å²) >= 11 is 3.49. The summed E-state index contributed by atoms with van der Waals surface area (Å²) < 4.78 is 1.01. The summed E-state index contributed by atoms with van der Waals surface area (Å²) in [6, 6.07) is 2.37. The highest BCUT2D eigenvalue weighted by atomic mass is 79.9. The molecule has 1 unspecified atom stereocenters. The molecule has 1 aromatic heterocycles. The van der Waals surface area contributed by atoms with E-state index < -0.39 is 0 Å². The van der Waals surface area contributed by atoms with Crippen molar-refractivity contribution in [3.05, 3.63) is 28.5 Å². The van der Waals surface area contributed by atoms with Crippen LogP contribution in [0.15, 0.2) is 22.9 Å². The maximum absolute atomic E-state index is 6.01. The van der Waals surface area contributed by atoms with Crippen molar-refractivity contribution in [2.45, 2.75) is 25.4 Å². The average Bonchev–Trinajstić information content (AvgIpc) is 2.34. The van der Waals surface area contributed by atoms with Gasteiger partial charge >= 0.3 is 0 Å². The van der Waals surface area contributed by atoms with Crippen LogP contribution in [-0.2, 0) is 0 Å². The lowest BCUT2D eigenvalue weighted by molar-refractivity contribution is 0.0179. The van der Waals surface area contributed by atoms with Gasteiger partial charge in [0.2, 0.25) is 0 Å². The molecule has 1 atom stereocenters. The van der Waals surface area contributed by atoms with Crippen molar-refractivity contribution in [3.8, 4) is 0 Å². The number of halogens is 1. The second kappa shape index (κ2) is 5.87. The van der Waals surface area contributed by atoms with Crippen molar-refractivity contribution < 1.29 is 0 Å². The molecule has 19 heavy (non-hydrogen) atoms. The van der Waals surface area contributed by atoms with Crippen molar-refractivity contribution in [3.63, 3.8) is 0 Å². The number of hydrogen-bond acceptors (Lipinski definition) is 4. The lowest BCUT2D eigenvalue weighted by Crippen LogP contribution is -2.58. The van der Waals surface area contributed by atoms with Crippen LogP contribution in [0.2, 0.25) is 0 Å². The fourth-order valence-electron chi connectivity index (χ4n) is 2.65. The average molecular weight is 327 g/mol. The summed E-state index contributed by atoms with van der Waals surface area (Å²) in [6.45, 7) is 8.34. The van der Waals surface area contributed by atoms with Gasteiger partial charge in [0, 0.05) is 54.6 Å². The fourth-order valence-corrected chi connectivity index (χ4v) is 3.03. The number of nitrogens with zero attached hydrogens (tertiary/aromatic N) is 3. The Hall–Kier alpha value is -0.490. The topological polar surface area (TPSA) is 45.4 Å². The molecule has 0 radical (unpaired) electrons. The minimum atomic E-state index is 0.186. The number of rotatable bonds is 3. The van der Waals surface area contributed by atoms with E-state index in [4.69, 9.17) is 5.73 Å². The molecule has 2 rings (SSSR count). The second-order valence-corrected chi connectivity index (χ2v) is 6.81. The van der Waals surface area contributed by atoms with E-state index in [9.17, 15) is 0 Å². The highest BCUT2D eigenvalue weighted by Crippen LogP contribution is 2.27. The van der Waals surface area contributed by atoms with Gasteiger partial charge in [-0.3, -0.25) is 14.8 Å². The lowest BCUT2D eigenvalue weighted by atomic mass is 9.96. The van der Waals surface area contributed by atoms with Gasteiger partial charge in [0.1, 0.15) is 0 Å². The molecular weight excluding hydrogens is 304 g/mol. The highest BCUT2D eigenvalue weighted by Gasteiger charge is 2.34. The Bertz CT molecular complexity index is 435. The number of pyridine rings is 1. The predicted octanol–water partition coefficient (Wildman–Crippen LogP) is 1.87. The first-order chi connectivity index (χ1) is 8.94. The van der Waals surface area contributed by atoms with E-state index in [0.717, 1.165) is 24.1 Å². The number of piperazine rings is 1. The number of hydrogen-bond donors (Lipinski definition) is 1. The fraction of sp³-hybridized carbons (Fsp3) is 0.643. The molecule has 1 aromatic rings. The Morgan fingerprint density at radius 2 is 2.16 bits per heavy atom. The van der Waals surface area contributed by atoms with Crippen LogP contribution in [0.5, 0.6) is 0 Å². The highest BCUT2D eigenvalue weighted by molar-refractivity contribution is 9.10. The summed E-state index contributed by atoms with van der Waals surface area (Å²) in [5, 5.41) is 0. The predicted molar refractivity (Wildman–Crippen MR) is 82.0 cm³/mol. The van der Waals surface area contributed by atoms with E-state index in [1.807, 2.05) is 12.4 Å². The summed E-state index contributed by atoms with van der Waals surface area (Å²) in [6.07, 6.45) is 3.73. The Kier molecular flexibility index (Phi) is 4.61. The number of aromatic nitrogens is 1. The van der Waals surface area contributed by atoms with Crippen molar-refractivity contribution in [1.29, 1.82) is 0 Å². The Labute approximate surface area is 124 Å². The van der Waals surface area contributed by atoms with Gasteiger partial charge in [-0.1, -0.05) is 0 Å². The van der Waals surface area contributed by atoms with Gasteiger partial charge < -0.3 is 5.73 Å². The molecule has 0 amide bonds. The van der Waals surface area contributed by atoms with Gasteiger partial charge in [-0.2, -0.15) is 0 Å². The SMILES string of the molecule is CN1CCN(C(CN)c2cncc(Br)c2)CC1(C)C. The van der Waals surface area contributed by atoms with E-state index >= 15 is 0 Å². The van der Waals surface area contributed by atoms with Crippen LogP contribution in [-0.4, -0.2) is 53.5 Å². The largest absolute Gasteiger partial charge is 0.329 e. The van der Waals surface area contributed by atoms with E-state index in [0.29, 0.717) is 6.54 Å². The van der Waals surface area contributed by atoms with E-state index in [-0.39, 0.29) is 11.6 Å². The molecule has 1 fully saturated rings. The van der Waals surface area contributed by atoms with Crippen molar-refractivity contribution in [2.24, 2.45) is 5.73 Å². The van der Waals surface area contributed by atoms with Gasteiger partial charge in [0.25, 0.3) is 0 Å². The Balaban J connectivity index is 2.19. The van der Waals surface area contributed by atoms with Gasteiger partial charge in [-0.25, -0.2) is 0 Å². The van der Waals surface area contributed by atoms with Crippen molar-refractivity contribution in [2.75, 3.05) is 33.2 Å². The first-order valence-corrected chi connectivity index (χ1v) is 7.49. The van der Waals surface area contributed by atoms with Crippen molar-refractivity contribution in [1.82, 2.24) is 14.8 Å². The molecule has 1 aliphatic rings. The molecule has 1 saturated heterocycles. The van der Waals surface area contributed by atoms with Crippen LogP contribution in [0, 0.1) is 0 Å². The number of likely N-dealkylation sites (N-methyl/N-ethyl adjacent to an activating group) is 1. The molecule has 5 heteroatoms. The zero-order valence-corrected chi connectivity index (χ0v) is 13.5. The third kappa shape index (κ3) is 3.34. The lowest BCUT2D eigenvalue weighted by Gasteiger charge is -2.47. The summed E-state index contributed by atoms with van der Waals surface area (Å²) in [5.41, 5.74) is 7.39. The smallest absolute Gasteiger partial charge is 0.0487 e. The zero-order chi connectivity index (χ0) is 14.0. The van der Waals surface area contributed by atoms with E-state index in [1.54, 1.807) is 0 Å². The summed E-state index contributed by atoms with van der Waals surface area (Å²) in [5.74, 6) is 0. The molecule has 4 nitrogen and oxygen atoms in total. The van der Waals surface area contributed by atoms with Gasteiger partial charge in [-0.15, -0.1) is 0 Å². The first kappa shape index (κ1) is 14.9. The first-order valence-electron chi connectivity index (χ1n) is 6.70. The quantitative estimate of drug-likeness (QED) is 0.921. The summed E-state index contributed by atoms with van der Waals surface area (Å²) in [4.78, 5) is 9.15. The van der Waals surface area contributed by atoms with Crippen LogP contribution in [0.1, 0.15) is 25.5 Å². The third-order valence-electron chi connectivity index (χ3n) is 4.12. The summed E-state index contributed by atoms with van der Waals surface area (Å²) in [7, 11) is 2.19. The van der Waals surface area contributed by atoms with Crippen LogP contribution >= 0.6 is 15.9 Å². The second-order valence-electron chi connectivity index (χ2n) is 5.89. The molecular formula is C14H23BrN4. The van der Waals surface area contributed by atoms with Crippen LogP contribution in [0.25, 0.3) is 0 Å². The minimum Gasteiger partial charge on any atom is -0.329 e. The van der Waals surface area contributed by atoms with Crippen molar-refractivity contribution >= 4 is 15.9 Å². The monoisotopic (exact) mass is 326 g/mol. The third-order valence-corrected chi connectivity index (χ3v) is 4.55. The molecule has 0 saturated carbocycles. The van der Waals surface area contributed by atoms with Gasteiger partial charge in [-0.05, 0) is 48.5 Å². The molecule has 1 aliphatic heterocycles. The van der Waals surface area contributed by atoms with Crippen LogP contribution in [0.4, 0.5) is 0 Å². The molecule has 0 bridgehead atoms. The normalized spacial score (nSPS) is 22.4.